The van der Waals surface area contributed by atoms with Crippen LogP contribution in [0.5, 0.6) is 0 Å². The van der Waals surface area contributed by atoms with Gasteiger partial charge in [-0.2, -0.15) is 0 Å². The molecule has 0 radical (unpaired) electrons. The van der Waals surface area contributed by atoms with Crippen LogP contribution < -0.4 is 5.73 Å². The van der Waals surface area contributed by atoms with Gasteiger partial charge in [0.2, 0.25) is 5.91 Å². The zero-order valence-electron chi connectivity index (χ0n) is 9.82. The highest BCUT2D eigenvalue weighted by Gasteiger charge is 2.42. The van der Waals surface area contributed by atoms with Gasteiger partial charge >= 0.3 is 5.97 Å². The summed E-state index contributed by atoms with van der Waals surface area (Å²) in [6.45, 7) is -0.0792. The van der Waals surface area contributed by atoms with Gasteiger partial charge in [0.25, 0.3) is 0 Å². The number of nitrogens with two attached hydrogens (primary N) is 1. The molecule has 0 unspecified atom stereocenters. The van der Waals surface area contributed by atoms with Gasteiger partial charge in [0.15, 0.2) is 0 Å². The third-order valence-corrected chi connectivity index (χ3v) is 3.30. The summed E-state index contributed by atoms with van der Waals surface area (Å²) < 4.78 is 0. The van der Waals surface area contributed by atoms with E-state index in [1.807, 2.05) is 0 Å². The molecule has 1 aliphatic carbocycles. The van der Waals surface area contributed by atoms with Crippen LogP contribution >= 0.6 is 0 Å². The van der Waals surface area contributed by atoms with Gasteiger partial charge in [-0.25, -0.2) is 0 Å². The normalized spacial score (nSPS) is 17.4. The Kier molecular flexibility index (Phi) is 4.53. The van der Waals surface area contributed by atoms with Crippen molar-refractivity contribution in [3.63, 3.8) is 0 Å². The maximum absolute atomic E-state index is 12.3. The minimum absolute atomic E-state index is 0.0207. The Balaban J connectivity index is 2.82. The lowest BCUT2D eigenvalue weighted by molar-refractivity contribution is -0.148. The Morgan fingerprint density at radius 1 is 1.41 bits per heavy atom. The van der Waals surface area contributed by atoms with Gasteiger partial charge in [-0.1, -0.05) is 18.8 Å². The second-order valence-electron chi connectivity index (χ2n) is 4.45. The van der Waals surface area contributed by atoms with Crippen LogP contribution in [0.1, 0.15) is 25.7 Å². The molecule has 1 amide bonds. The molecule has 0 spiro atoms. The molecular weight excluding hydrogens is 220 g/mol. The number of terminal acetylenes is 1. The average molecular weight is 238 g/mol. The Bertz CT molecular complexity index is 340. The molecule has 3 N–H and O–H groups in total. The number of aliphatic carboxylic acids is 1. The molecule has 1 fully saturated rings. The van der Waals surface area contributed by atoms with Crippen LogP contribution in [-0.4, -0.2) is 41.5 Å². The number of hydrogen-bond acceptors (Lipinski definition) is 3. The van der Waals surface area contributed by atoms with E-state index in [2.05, 4.69) is 5.92 Å². The summed E-state index contributed by atoms with van der Waals surface area (Å²) in [5.41, 5.74) is 5.10. The first kappa shape index (κ1) is 13.5. The topological polar surface area (TPSA) is 83.6 Å². The summed E-state index contributed by atoms with van der Waals surface area (Å²) in [5.74, 6) is 1.05. The van der Waals surface area contributed by atoms with E-state index in [1.54, 1.807) is 0 Å². The van der Waals surface area contributed by atoms with Crippen molar-refractivity contribution in [2.24, 2.45) is 11.1 Å². The molecule has 5 nitrogen and oxygen atoms in total. The molecule has 0 saturated heterocycles. The highest BCUT2D eigenvalue weighted by Crippen LogP contribution is 2.38. The van der Waals surface area contributed by atoms with Gasteiger partial charge in [0.1, 0.15) is 6.54 Å². The molecule has 0 bridgehead atoms. The first-order valence-corrected chi connectivity index (χ1v) is 5.70. The summed E-state index contributed by atoms with van der Waals surface area (Å²) in [7, 11) is 0. The van der Waals surface area contributed by atoms with Gasteiger partial charge in [0.05, 0.1) is 12.0 Å². The number of carboxylic acid groups (broad SMARTS) is 1. The van der Waals surface area contributed by atoms with Gasteiger partial charge in [-0.15, -0.1) is 6.42 Å². The molecule has 0 aromatic carbocycles. The van der Waals surface area contributed by atoms with E-state index in [-0.39, 0.29) is 25.5 Å². The summed E-state index contributed by atoms with van der Waals surface area (Å²) in [6.07, 6.45) is 8.53. The number of carbonyl (C=O) groups is 2. The average Bonchev–Trinajstić information content (AvgIpc) is 2.76. The van der Waals surface area contributed by atoms with Crippen LogP contribution in [0, 0.1) is 17.8 Å². The molecule has 1 rings (SSSR count). The maximum atomic E-state index is 12.3. The van der Waals surface area contributed by atoms with Gasteiger partial charge in [-0.3, -0.25) is 9.59 Å². The molecule has 94 valence electrons. The first-order valence-electron chi connectivity index (χ1n) is 5.70. The number of carboxylic acids is 1. The van der Waals surface area contributed by atoms with E-state index in [1.165, 1.54) is 4.90 Å². The van der Waals surface area contributed by atoms with Gasteiger partial charge in [-0.05, 0) is 12.8 Å². The summed E-state index contributed by atoms with van der Waals surface area (Å²) in [4.78, 5) is 24.2. The fraction of sp³-hybridized carbons (Fsp3) is 0.667. The van der Waals surface area contributed by atoms with Crippen molar-refractivity contribution in [3.8, 4) is 12.3 Å². The fourth-order valence-corrected chi connectivity index (χ4v) is 2.37. The van der Waals surface area contributed by atoms with Crippen molar-refractivity contribution >= 4 is 11.9 Å². The molecule has 0 aromatic heterocycles. The first-order chi connectivity index (χ1) is 8.05. The van der Waals surface area contributed by atoms with Gasteiger partial charge < -0.3 is 15.7 Å². The number of rotatable bonds is 5. The largest absolute Gasteiger partial charge is 0.480 e. The van der Waals surface area contributed by atoms with Crippen LogP contribution in [0.4, 0.5) is 0 Å². The number of hydrogen-bond donors (Lipinski definition) is 2. The van der Waals surface area contributed by atoms with E-state index in [0.29, 0.717) is 0 Å². The van der Waals surface area contributed by atoms with E-state index < -0.39 is 11.4 Å². The summed E-state index contributed by atoms with van der Waals surface area (Å²) >= 11 is 0. The van der Waals surface area contributed by atoms with Crippen molar-refractivity contribution in [3.05, 3.63) is 0 Å². The quantitative estimate of drug-likeness (QED) is 0.663. The Labute approximate surface area is 101 Å². The van der Waals surface area contributed by atoms with Crippen molar-refractivity contribution in [1.29, 1.82) is 0 Å². The zero-order chi connectivity index (χ0) is 12.9. The SMILES string of the molecule is C#CCN(CC(=O)O)C(=O)C1(CN)CCCC1. The van der Waals surface area contributed by atoms with Crippen LogP contribution in [0.25, 0.3) is 0 Å². The van der Waals surface area contributed by atoms with Crippen molar-refractivity contribution in [1.82, 2.24) is 4.90 Å². The molecule has 1 aliphatic rings. The lowest BCUT2D eigenvalue weighted by Crippen LogP contribution is -2.48. The zero-order valence-corrected chi connectivity index (χ0v) is 9.82. The molecule has 17 heavy (non-hydrogen) atoms. The van der Waals surface area contributed by atoms with E-state index in [0.717, 1.165) is 25.7 Å². The molecular formula is C12H18N2O3. The molecule has 0 atom stereocenters. The Hall–Kier alpha value is -1.54. The third-order valence-electron chi connectivity index (χ3n) is 3.30. The van der Waals surface area contributed by atoms with Crippen molar-refractivity contribution in [2.45, 2.75) is 25.7 Å². The summed E-state index contributed by atoms with van der Waals surface area (Å²) in [6, 6.07) is 0. The third kappa shape index (κ3) is 2.98. The van der Waals surface area contributed by atoms with E-state index in [4.69, 9.17) is 17.3 Å². The fourth-order valence-electron chi connectivity index (χ4n) is 2.37. The predicted octanol–water partition coefficient (Wildman–Crippen LogP) is 0.0519. The Morgan fingerprint density at radius 3 is 2.41 bits per heavy atom. The van der Waals surface area contributed by atoms with Crippen LogP contribution in [0.15, 0.2) is 0 Å². The van der Waals surface area contributed by atoms with E-state index >= 15 is 0 Å². The molecule has 0 aromatic rings. The van der Waals surface area contributed by atoms with Gasteiger partial charge in [0, 0.05) is 6.54 Å². The van der Waals surface area contributed by atoms with Crippen LogP contribution in [-0.2, 0) is 9.59 Å². The molecule has 5 heteroatoms. The standard InChI is InChI=1S/C12H18N2O3/c1-2-7-14(8-10(15)16)11(17)12(9-13)5-3-4-6-12/h1H,3-9,13H2,(H,15,16). The van der Waals surface area contributed by atoms with E-state index in [9.17, 15) is 9.59 Å². The van der Waals surface area contributed by atoms with Crippen LogP contribution in [0.2, 0.25) is 0 Å². The molecule has 0 heterocycles. The second-order valence-corrected chi connectivity index (χ2v) is 4.45. The highest BCUT2D eigenvalue weighted by molar-refractivity contribution is 5.86. The number of nitrogens with zero attached hydrogens (tertiary/aromatic N) is 1. The number of amides is 1. The molecule has 1 saturated carbocycles. The summed E-state index contributed by atoms with van der Waals surface area (Å²) in [5, 5.41) is 8.77. The van der Waals surface area contributed by atoms with Crippen LogP contribution in [0.3, 0.4) is 0 Å². The lowest BCUT2D eigenvalue weighted by atomic mass is 9.84. The maximum Gasteiger partial charge on any atom is 0.323 e. The Morgan fingerprint density at radius 2 is 2.00 bits per heavy atom. The molecule has 0 aliphatic heterocycles. The highest BCUT2D eigenvalue weighted by atomic mass is 16.4. The minimum Gasteiger partial charge on any atom is -0.480 e. The minimum atomic E-state index is -1.06. The van der Waals surface area contributed by atoms with Crippen molar-refractivity contribution in [2.75, 3.05) is 19.6 Å². The monoisotopic (exact) mass is 238 g/mol. The predicted molar refractivity (Wildman–Crippen MR) is 63.0 cm³/mol. The smallest absolute Gasteiger partial charge is 0.323 e. The lowest BCUT2D eigenvalue weighted by Gasteiger charge is -2.31. The second kappa shape index (κ2) is 5.69. The van der Waals surface area contributed by atoms with Crippen molar-refractivity contribution < 1.29 is 14.7 Å². The number of carbonyl (C=O) groups excluding carboxylic acids is 1.